The topological polar surface area (TPSA) is 151 Å². The molecule has 4 atom stereocenters. The van der Waals surface area contributed by atoms with E-state index < -0.39 is 11.8 Å². The molecule has 0 spiro atoms. The Balaban J connectivity index is 1.11. The second kappa shape index (κ2) is 16.8. The predicted molar refractivity (Wildman–Crippen MR) is 204 cm³/mol. The van der Waals surface area contributed by atoms with Crippen molar-refractivity contribution in [2.45, 2.75) is 78.3 Å². The molecule has 4 heterocycles. The normalized spacial score (nSPS) is 18.3. The van der Waals surface area contributed by atoms with E-state index in [0.29, 0.717) is 13.1 Å². The largest absolute Gasteiger partial charge is 0.469 e. The summed E-state index contributed by atoms with van der Waals surface area (Å²) < 4.78 is 9.73. The predicted octanol–water partition coefficient (Wildman–Crippen LogP) is 7.13. The summed E-state index contributed by atoms with van der Waals surface area (Å²) in [4.78, 5) is 71.3. The van der Waals surface area contributed by atoms with Crippen LogP contribution in [0, 0.1) is 23.7 Å². The summed E-state index contributed by atoms with van der Waals surface area (Å²) in [6.07, 6.45) is 7.16. The van der Waals surface area contributed by atoms with Crippen molar-refractivity contribution in [3.05, 3.63) is 72.6 Å². The Morgan fingerprint density at radius 1 is 0.630 bits per heavy atom. The fourth-order valence-electron chi connectivity index (χ4n) is 7.79. The molecule has 0 radical (unpaired) electrons. The Morgan fingerprint density at radius 3 is 1.31 bits per heavy atom. The first-order valence-corrected chi connectivity index (χ1v) is 19.0. The van der Waals surface area contributed by atoms with Crippen LogP contribution in [0.4, 0.5) is 0 Å². The van der Waals surface area contributed by atoms with Crippen LogP contribution in [0.1, 0.15) is 90.0 Å². The van der Waals surface area contributed by atoms with Crippen LogP contribution in [-0.2, 0) is 28.7 Å². The highest BCUT2D eigenvalue weighted by Gasteiger charge is 2.39. The van der Waals surface area contributed by atoms with Gasteiger partial charge in [-0.1, -0.05) is 76.2 Å². The van der Waals surface area contributed by atoms with Gasteiger partial charge in [0.1, 0.15) is 11.6 Å². The summed E-state index contributed by atoms with van der Waals surface area (Å²) in [7, 11) is 2.70. The first kappa shape index (κ1) is 38.5. The number of aromatic amines is 2. The Morgan fingerprint density at radius 2 is 0.981 bits per heavy atom. The molecule has 2 amide bonds. The summed E-state index contributed by atoms with van der Waals surface area (Å²) in [6.45, 7) is 9.13. The van der Waals surface area contributed by atoms with Gasteiger partial charge < -0.3 is 29.2 Å². The van der Waals surface area contributed by atoms with E-state index in [1.807, 2.05) is 49.9 Å². The van der Waals surface area contributed by atoms with E-state index in [9.17, 15) is 19.2 Å². The molecular weight excluding hydrogens is 684 g/mol. The average molecular weight is 737 g/mol. The minimum absolute atomic E-state index is 0.00872. The first-order valence-electron chi connectivity index (χ1n) is 19.0. The molecule has 12 heteroatoms. The van der Waals surface area contributed by atoms with Crippen molar-refractivity contribution in [3.63, 3.8) is 0 Å². The standard InChI is InChI=1S/C42H52N6O6/c1-25(2)31(21-37(49)53-5)41(51)47-19-7-9-35(47)39-43-23-33(45-39)29-15-11-27(12-16-29)28-13-17-30(18-14-28)34-24-44-40(46-34)36-10-8-20-48(36)42(52)32(26(3)4)22-38(50)54-6/h11-18,23-26,31-32,35-36H,7-10,19-22H2,1-6H3,(H,43,45)(H,44,46)/t31-,32-,35-,36-/m0/s1. The van der Waals surface area contributed by atoms with E-state index in [2.05, 4.69) is 68.5 Å². The lowest BCUT2D eigenvalue weighted by molar-refractivity contribution is -0.148. The summed E-state index contributed by atoms with van der Waals surface area (Å²) in [6, 6.07) is 16.3. The van der Waals surface area contributed by atoms with Crippen LogP contribution in [0.15, 0.2) is 60.9 Å². The molecule has 0 aliphatic carbocycles. The SMILES string of the molecule is COC(=O)C[C@H](C(=O)N1CCC[C@H]1c1ncc(-c2ccc(-c3ccc(-c4cnc([C@@H]5CCCN5C(=O)[C@@H](CC(=O)OC)C(C)C)[nH]4)cc3)cc2)[nH]1)C(C)C. The molecule has 0 bridgehead atoms. The van der Waals surface area contributed by atoms with E-state index in [0.717, 1.165) is 71.0 Å². The summed E-state index contributed by atoms with van der Waals surface area (Å²) >= 11 is 0. The van der Waals surface area contributed by atoms with Crippen molar-refractivity contribution in [1.82, 2.24) is 29.7 Å². The number of hydrogen-bond donors (Lipinski definition) is 2. The van der Waals surface area contributed by atoms with Gasteiger partial charge in [0.2, 0.25) is 11.8 Å². The zero-order valence-electron chi connectivity index (χ0n) is 32.1. The molecule has 2 aliphatic heterocycles. The van der Waals surface area contributed by atoms with E-state index in [1.165, 1.54) is 14.2 Å². The molecule has 2 fully saturated rings. The average Bonchev–Trinajstić information content (AvgIpc) is 4.02. The van der Waals surface area contributed by atoms with Gasteiger partial charge in [-0.25, -0.2) is 9.97 Å². The second-order valence-corrected chi connectivity index (χ2v) is 15.2. The third-order valence-corrected chi connectivity index (χ3v) is 11.1. The molecule has 0 saturated carbocycles. The number of carbonyl (C=O) groups excluding carboxylic acids is 4. The lowest BCUT2D eigenvalue weighted by Gasteiger charge is -2.29. The van der Waals surface area contributed by atoms with Gasteiger partial charge in [-0.2, -0.15) is 0 Å². The smallest absolute Gasteiger partial charge is 0.306 e. The van der Waals surface area contributed by atoms with E-state index in [4.69, 9.17) is 9.47 Å². The van der Waals surface area contributed by atoms with Gasteiger partial charge in [0.15, 0.2) is 0 Å². The fraction of sp³-hybridized carbons (Fsp3) is 0.476. The number of ether oxygens (including phenoxy) is 2. The van der Waals surface area contributed by atoms with Crippen molar-refractivity contribution in [2.24, 2.45) is 23.7 Å². The minimum atomic E-state index is -0.435. The fourth-order valence-corrected chi connectivity index (χ4v) is 7.79. The van der Waals surface area contributed by atoms with Crippen LogP contribution in [0.3, 0.4) is 0 Å². The molecule has 2 aromatic carbocycles. The number of likely N-dealkylation sites (tertiary alicyclic amines) is 2. The minimum Gasteiger partial charge on any atom is -0.469 e. The molecule has 2 aromatic heterocycles. The number of nitrogens with one attached hydrogen (secondary N) is 2. The van der Waals surface area contributed by atoms with Crippen molar-refractivity contribution < 1.29 is 28.7 Å². The van der Waals surface area contributed by atoms with Gasteiger partial charge in [-0.15, -0.1) is 0 Å². The number of methoxy groups -OCH3 is 2. The Labute approximate surface area is 317 Å². The zero-order valence-corrected chi connectivity index (χ0v) is 32.1. The third kappa shape index (κ3) is 8.27. The van der Waals surface area contributed by atoms with Crippen LogP contribution >= 0.6 is 0 Å². The zero-order chi connectivity index (χ0) is 38.5. The van der Waals surface area contributed by atoms with Crippen molar-refractivity contribution in [3.8, 4) is 33.6 Å². The van der Waals surface area contributed by atoms with E-state index >= 15 is 0 Å². The highest BCUT2D eigenvalue weighted by molar-refractivity contribution is 5.85. The number of imidazole rings is 2. The quantitative estimate of drug-likeness (QED) is 0.138. The summed E-state index contributed by atoms with van der Waals surface area (Å²) in [5, 5.41) is 0. The number of hydrogen-bond acceptors (Lipinski definition) is 8. The third-order valence-electron chi connectivity index (χ3n) is 11.1. The lowest BCUT2D eigenvalue weighted by atomic mass is 9.91. The van der Waals surface area contributed by atoms with E-state index in [1.54, 1.807) is 0 Å². The van der Waals surface area contributed by atoms with Crippen molar-refractivity contribution in [2.75, 3.05) is 27.3 Å². The monoisotopic (exact) mass is 736 g/mol. The summed E-state index contributed by atoms with van der Waals surface area (Å²) in [5.41, 5.74) is 5.87. The van der Waals surface area contributed by atoms with Crippen molar-refractivity contribution >= 4 is 23.8 Å². The van der Waals surface area contributed by atoms with E-state index in [-0.39, 0.29) is 60.5 Å². The van der Waals surface area contributed by atoms with Gasteiger partial charge in [-0.05, 0) is 59.8 Å². The van der Waals surface area contributed by atoms with Gasteiger partial charge in [-0.3, -0.25) is 19.2 Å². The number of carbonyl (C=O) groups is 4. The highest BCUT2D eigenvalue weighted by atomic mass is 16.5. The van der Waals surface area contributed by atoms with Crippen molar-refractivity contribution in [1.29, 1.82) is 0 Å². The Kier molecular flexibility index (Phi) is 12.0. The molecule has 12 nitrogen and oxygen atoms in total. The second-order valence-electron chi connectivity index (χ2n) is 15.2. The number of H-pyrrole nitrogens is 2. The molecule has 54 heavy (non-hydrogen) atoms. The Hall–Kier alpha value is -5.26. The molecule has 4 aromatic rings. The molecule has 6 rings (SSSR count). The Bertz CT molecular complexity index is 1790. The number of rotatable bonds is 13. The maximum Gasteiger partial charge on any atom is 0.306 e. The molecule has 2 saturated heterocycles. The van der Waals surface area contributed by atoms with Crippen LogP contribution in [0.2, 0.25) is 0 Å². The van der Waals surface area contributed by atoms with Gasteiger partial charge in [0.25, 0.3) is 0 Å². The van der Waals surface area contributed by atoms with Gasteiger partial charge in [0.05, 0.1) is 74.8 Å². The van der Waals surface area contributed by atoms with Crippen LogP contribution < -0.4 is 0 Å². The first-order chi connectivity index (χ1) is 26.0. The number of nitrogens with zero attached hydrogens (tertiary/aromatic N) is 4. The highest BCUT2D eigenvalue weighted by Crippen LogP contribution is 2.37. The maximum absolute atomic E-state index is 13.6. The molecule has 2 N–H and O–H groups in total. The van der Waals surface area contributed by atoms with Gasteiger partial charge in [0, 0.05) is 13.1 Å². The maximum atomic E-state index is 13.6. The molecule has 286 valence electrons. The number of aromatic nitrogens is 4. The van der Waals surface area contributed by atoms with Crippen LogP contribution in [-0.4, -0.2) is 80.8 Å². The van der Waals surface area contributed by atoms with Crippen LogP contribution in [0.5, 0.6) is 0 Å². The number of esters is 2. The lowest BCUT2D eigenvalue weighted by Crippen LogP contribution is -2.39. The van der Waals surface area contributed by atoms with Crippen LogP contribution in [0.25, 0.3) is 33.6 Å². The summed E-state index contributed by atoms with van der Waals surface area (Å²) in [5.74, 6) is -0.149. The number of amides is 2. The van der Waals surface area contributed by atoms with Gasteiger partial charge >= 0.3 is 11.9 Å². The molecule has 0 unspecified atom stereocenters. The number of benzene rings is 2. The molecule has 2 aliphatic rings. The molecular formula is C42H52N6O6.